The Bertz CT molecular complexity index is 4170. The van der Waals surface area contributed by atoms with Crippen LogP contribution >= 0.6 is 35.3 Å². The third-order valence-corrected chi connectivity index (χ3v) is 23.6. The second-order valence-corrected chi connectivity index (χ2v) is 38.3. The molecule has 11 atom stereocenters. The summed E-state index contributed by atoms with van der Waals surface area (Å²) in [7, 11) is -3.46. The van der Waals surface area contributed by atoms with Gasteiger partial charge in [-0.1, -0.05) is 48.4 Å². The average Bonchev–Trinajstić information content (AvgIpc) is 1.69. The predicted molar refractivity (Wildman–Crippen MR) is 550 cm³/mol. The number of unbranched alkanes of at least 4 members (excludes halogenated alkanes) is 4. The summed E-state index contributed by atoms with van der Waals surface area (Å²) in [6, 6.07) is 3.31. The molecule has 3 heterocycles. The smallest absolute Gasteiger partial charge is 0.358 e. The van der Waals surface area contributed by atoms with E-state index in [1.54, 1.807) is 65.1 Å². The second-order valence-electron chi connectivity index (χ2n) is 32.4. The van der Waals surface area contributed by atoms with E-state index in [0.717, 1.165) is 156 Å². The number of benzene rings is 1. The minimum Gasteiger partial charge on any atom is -0.480 e. The van der Waals surface area contributed by atoms with Crippen molar-refractivity contribution in [3.05, 3.63) is 47.5 Å². The fourth-order valence-electron chi connectivity index (χ4n) is 10.4. The molecular weight excluding hydrogens is 1900 g/mol. The van der Waals surface area contributed by atoms with Crippen LogP contribution in [0.25, 0.3) is 0 Å². The molecule has 0 saturated carbocycles. The Kier molecular flexibility index (Phi) is 86.7. The van der Waals surface area contributed by atoms with Crippen molar-refractivity contribution < 1.29 is 132 Å². The molecule has 53 nitrogen and oxygen atoms in total. The van der Waals surface area contributed by atoms with Crippen molar-refractivity contribution in [3.63, 3.8) is 0 Å². The highest BCUT2D eigenvalue weighted by Gasteiger charge is 2.29. The fraction of sp³-hybridized carbons (Fsp3) is 0.675. The Hall–Kier alpha value is -11.1. The number of nitrogens with one attached hydrogen (secondary N) is 13. The van der Waals surface area contributed by atoms with Crippen molar-refractivity contribution in [1.29, 1.82) is 0 Å². The molecule has 0 spiro atoms. The molecule has 804 valence electrons. The normalized spacial score (nSPS) is 16.5. The van der Waals surface area contributed by atoms with Gasteiger partial charge in [0.05, 0.1) is 74.7 Å². The van der Waals surface area contributed by atoms with E-state index in [4.69, 9.17) is 151 Å². The van der Waals surface area contributed by atoms with Gasteiger partial charge in [-0.25, -0.2) is 13.8 Å². The lowest BCUT2D eigenvalue weighted by Gasteiger charge is -2.18. The molecule has 0 radical (unpaired) electrons. The first-order valence-electron chi connectivity index (χ1n) is 45.5. The number of H-pyrrole nitrogens is 1. The lowest BCUT2D eigenvalue weighted by molar-refractivity contribution is -0.504. The standard InChI is InChI=1S/C12H21N3O2.C10H15N3.C9H18N8O.C9H19N3O2.C8H17N3O2S.C8H17N3O2.C7H17N5O2.C7H15N3O4S.C7H15N3O2S.C6H12N2S/c13-10(12(16)17)7-3-1-5-9-6-2-4-8-11(14)15-9;1-8(12)13-7-10-4-2-3-9(5-10)6-11;1-6(10)12-5-3-2-4-7(11)8(18)13-9-14-16-17-15-9;1-7(10)12-6-4-3-5-9(2,11)8(13)14;1-6(9)11-3-5-14-4-2-7(10)8(12)13;1-6(9)11-5-3-2-4-7(10)8(12)13;8-5(6(13)14)3-1-2-4-11-7(9)12-10;1-5(8)10-2-3-15(13,14)4-6(9)7(11)12;1-5(8)10-2-3-13-4-6(9)7(11)12;1-3-5-4(2)8-6(7)9-5/h1,3,9-10H,2,4-8,13H2,(H2,14,15)(H,16,17);2-5H,6-7,11H2,1H3,(H2,12,13);7H,2-5,11H2,1H3,(H2,10,12)(H2,13,14,15,16,17,18);3-6,11H2,1-2H3,(H2,10,12)(H,13,14);7H,2-5,10H2,1H3,(H2,9,11)(H,12,13);7H,2-5,10H2,1H3,(H2,9,11)(H,12,13);5H,1-4,8,10H2,(H,13,14)(H3,9,11,12);6H,2-4,9H2,1H3,(H2,8,10)(H,11,12);6H,2-4,9H2,1H3,(H2,8,10)(H,11,12);4-5H,3H2,1-2H3,(H2,7,8)/p+10/b3-1-;;;;;;;;;/t;;;;;;;;;4-,5-/m.........1/s1. The van der Waals surface area contributed by atoms with E-state index in [9.17, 15) is 46.8 Å². The Balaban J connectivity index is -0.000000358. The van der Waals surface area contributed by atoms with Crippen LogP contribution in [0.2, 0.25) is 0 Å². The second kappa shape index (κ2) is 87.0. The molecule has 0 bridgehead atoms. The van der Waals surface area contributed by atoms with E-state index < -0.39 is 105 Å². The van der Waals surface area contributed by atoms with Crippen LogP contribution in [0.15, 0.2) is 36.4 Å². The minimum atomic E-state index is -3.46. The largest absolute Gasteiger partial charge is 0.480 e. The number of sulfone groups is 1. The molecule has 0 aliphatic carbocycles. The summed E-state index contributed by atoms with van der Waals surface area (Å²) in [6.45, 7) is 24.2. The number of nitrogens with zero attached hydrogens (tertiary/aromatic N) is 3. The lowest BCUT2D eigenvalue weighted by atomic mass is 9.96. The summed E-state index contributed by atoms with van der Waals surface area (Å²) in [5, 5.41) is 76.4. The van der Waals surface area contributed by atoms with Crippen molar-refractivity contribution in [2.45, 2.75) is 276 Å². The van der Waals surface area contributed by atoms with Crippen LogP contribution < -0.4 is 175 Å². The SMILES string of the molecule is CC(N)=[NH+]CCCCC(C)(N)C(=O)O.CC(N)=[NH+]CCCCC(N)C(=O)Nc1nn[nH]n1.CC(N)=[NH+]CCCCC(N)C(=O)O.CC(N)=[NH+]CCS(=O)(=O)CC(N)C(=O)O.CC(N)=[NH+]CCSCC(N)C(=O)O.CC(N)=[NH+]CCSCCC(N)C(=O)O.CC(N)=[NH+]Cc1cccc(CN)c1.CC[C@H]1SC(N)=[NH+][C@@H]1C.NC1=[NH+]C(C/C=C\CC(N)C(=O)O)CCCC1.NNC(N)=[NH+]CCCCC(N)C(=O)O. The minimum absolute atomic E-state index is 0.130. The number of amidine groups is 9. The molecular formula is C83H176N36O17S4+10. The highest BCUT2D eigenvalue weighted by molar-refractivity contribution is 8.14. The third-order valence-electron chi connectivity index (χ3n) is 18.4. The maximum atomic E-state index is 11.6. The Labute approximate surface area is 834 Å². The molecule has 1 aromatic carbocycles. The number of aromatic amines is 1. The molecule has 9 unspecified atom stereocenters. The zero-order valence-electron chi connectivity index (χ0n) is 83.2. The van der Waals surface area contributed by atoms with Crippen molar-refractivity contribution in [3.8, 4) is 0 Å². The molecule has 1 aromatic heterocycles. The molecule has 57 heteroatoms. The van der Waals surface area contributed by atoms with Gasteiger partial charge in [-0.3, -0.25) is 151 Å². The summed E-state index contributed by atoms with van der Waals surface area (Å²) < 4.78 is 22.6. The van der Waals surface area contributed by atoms with Gasteiger partial charge in [-0.15, -0.1) is 5.10 Å². The first-order chi connectivity index (χ1) is 65.4. The number of anilines is 1. The summed E-state index contributed by atoms with van der Waals surface area (Å²) in [4.78, 5) is 114. The number of carboxylic acids is 7. The molecule has 2 aliphatic heterocycles. The van der Waals surface area contributed by atoms with Gasteiger partial charge in [-0.05, 0) is 163 Å². The van der Waals surface area contributed by atoms with Gasteiger partial charge in [0.25, 0.3) is 5.95 Å². The molecule has 0 saturated heterocycles. The highest BCUT2D eigenvalue weighted by atomic mass is 32.2. The number of carboxylic acid groups (broad SMARTS) is 7. The molecule has 140 heavy (non-hydrogen) atoms. The van der Waals surface area contributed by atoms with Gasteiger partial charge >= 0.3 is 52.9 Å². The van der Waals surface area contributed by atoms with E-state index >= 15 is 0 Å². The summed E-state index contributed by atoms with van der Waals surface area (Å²) in [6.07, 6.45) is 19.8. The van der Waals surface area contributed by atoms with Crippen LogP contribution in [0.1, 0.15) is 209 Å². The summed E-state index contributed by atoms with van der Waals surface area (Å²) >= 11 is 4.92. The number of hydrazine groups is 1. The van der Waals surface area contributed by atoms with Crippen LogP contribution in [0.4, 0.5) is 5.95 Å². The van der Waals surface area contributed by atoms with Crippen LogP contribution in [0.3, 0.4) is 0 Å². The zero-order valence-corrected chi connectivity index (χ0v) is 86.5. The van der Waals surface area contributed by atoms with Gasteiger partial charge in [0.15, 0.2) is 9.84 Å². The topological polar surface area (TPSA) is 1050 Å². The van der Waals surface area contributed by atoms with Gasteiger partial charge < -0.3 is 87.3 Å². The number of rotatable bonds is 53. The highest BCUT2D eigenvalue weighted by Crippen LogP contribution is 2.18. The Morgan fingerprint density at radius 3 is 1.43 bits per heavy atom. The van der Waals surface area contributed by atoms with Crippen molar-refractivity contribution in [1.82, 2.24) is 26.0 Å². The lowest BCUT2D eigenvalue weighted by Crippen LogP contribution is -2.80. The first-order valence-corrected chi connectivity index (χ1v) is 50.5. The maximum absolute atomic E-state index is 11.6. The van der Waals surface area contributed by atoms with Gasteiger partial charge in [0.2, 0.25) is 52.6 Å². The Morgan fingerprint density at radius 2 is 1.01 bits per heavy atom. The number of aliphatic carboxylic acids is 7. The summed E-state index contributed by atoms with van der Waals surface area (Å²) in [5.41, 5.74) is 106. The molecule has 60 N–H and O–H groups in total. The van der Waals surface area contributed by atoms with E-state index in [0.29, 0.717) is 116 Å². The number of carbonyl (C=O) groups is 8. The van der Waals surface area contributed by atoms with Crippen LogP contribution in [-0.2, 0) is 61.3 Å². The number of hydrogen-bond acceptors (Lipinski definition) is 28. The molecule has 4 rings (SSSR count). The van der Waals surface area contributed by atoms with E-state index in [1.165, 1.54) is 37.1 Å². The average molecular weight is 2080 g/mol. The van der Waals surface area contributed by atoms with Crippen LogP contribution in [0.5, 0.6) is 0 Å². The molecule has 0 fully saturated rings. The number of aromatic nitrogens is 4. The van der Waals surface area contributed by atoms with Crippen molar-refractivity contribution in [2.75, 3.05) is 85.6 Å². The van der Waals surface area contributed by atoms with Crippen LogP contribution in [-0.4, -0.2) is 316 Å². The third kappa shape index (κ3) is 93.2. The number of amides is 1. The van der Waals surface area contributed by atoms with Gasteiger partial charge in [0, 0.05) is 85.1 Å². The van der Waals surface area contributed by atoms with E-state index in [1.807, 2.05) is 31.2 Å². The van der Waals surface area contributed by atoms with Crippen LogP contribution in [0, 0.1) is 0 Å². The molecule has 1 amide bonds. The number of carbonyl (C=O) groups excluding carboxylic acids is 1. The monoisotopic (exact) mass is 2080 g/mol. The fourth-order valence-corrected chi connectivity index (χ4v) is 14.3. The van der Waals surface area contributed by atoms with Crippen molar-refractivity contribution in [2.24, 2.45) is 115 Å². The quantitative estimate of drug-likeness (QED) is 0.00730. The van der Waals surface area contributed by atoms with Crippen molar-refractivity contribution >= 4 is 157 Å². The number of nitrogens with two attached hydrogens (primary N) is 20. The summed E-state index contributed by atoms with van der Waals surface area (Å²) in [5.74, 6) is 5.66. The maximum Gasteiger partial charge on any atom is 0.358 e. The first kappa shape index (κ1) is 140. The number of hydrogen-bond donors (Lipinski definition) is 40. The van der Waals surface area contributed by atoms with E-state index in [2.05, 4.69) is 107 Å². The molecule has 2 aliphatic rings. The van der Waals surface area contributed by atoms with E-state index in [-0.39, 0.29) is 24.2 Å². The van der Waals surface area contributed by atoms with Gasteiger partial charge in [0.1, 0.15) is 54.4 Å². The van der Waals surface area contributed by atoms with Gasteiger partial charge in [-0.2, -0.15) is 34.6 Å². The number of tetrazole rings is 1. The zero-order chi connectivity index (χ0) is 108. The Morgan fingerprint density at radius 1 is 0.564 bits per heavy atom. The molecule has 2 aromatic rings. The number of guanidine groups is 1. The predicted octanol–water partition coefficient (Wildman–Crippen LogP) is -20.7. The number of thioether (sulfide) groups is 3.